The molecule has 1 aromatic rings. The second-order valence-corrected chi connectivity index (χ2v) is 5.64. The van der Waals surface area contributed by atoms with E-state index in [-0.39, 0.29) is 0 Å². The molecule has 0 saturated carbocycles. The molecule has 102 valence electrons. The fourth-order valence-corrected chi connectivity index (χ4v) is 3.65. The van der Waals surface area contributed by atoms with Crippen LogP contribution in [0.1, 0.15) is 13.3 Å². The van der Waals surface area contributed by atoms with E-state index < -0.39 is 23.6 Å². The number of para-hydroxylation sites is 1. The molecular formula is C14H11NO4S. The van der Waals surface area contributed by atoms with Gasteiger partial charge in [-0.25, -0.2) is 0 Å². The summed E-state index contributed by atoms with van der Waals surface area (Å²) >= 11 is 1.43. The van der Waals surface area contributed by atoms with Crippen LogP contribution in [0, 0.1) is 5.92 Å². The number of fused-ring (bicyclic) bond motifs is 3. The number of benzene rings is 1. The van der Waals surface area contributed by atoms with Gasteiger partial charge in [0.05, 0.1) is 11.4 Å². The summed E-state index contributed by atoms with van der Waals surface area (Å²) in [6, 6.07) is 7.20. The van der Waals surface area contributed by atoms with Crippen LogP contribution in [0.4, 0.5) is 5.69 Å². The maximum atomic E-state index is 12.1. The average molecular weight is 289 g/mol. The lowest BCUT2D eigenvalue weighted by atomic mass is 10.0. The van der Waals surface area contributed by atoms with Gasteiger partial charge in [-0.1, -0.05) is 30.8 Å². The van der Waals surface area contributed by atoms with Crippen molar-refractivity contribution >= 4 is 35.1 Å². The zero-order chi connectivity index (χ0) is 14.4. The zero-order valence-electron chi connectivity index (χ0n) is 10.6. The van der Waals surface area contributed by atoms with Gasteiger partial charge in [-0.2, -0.15) is 0 Å². The maximum absolute atomic E-state index is 12.1. The summed E-state index contributed by atoms with van der Waals surface area (Å²) in [6.45, 7) is 1.88. The summed E-state index contributed by atoms with van der Waals surface area (Å²) in [4.78, 5) is 38.4. The number of allylic oxidation sites excluding steroid dienone is 1. The Morgan fingerprint density at radius 1 is 1.35 bits per heavy atom. The number of carboxylic acid groups (broad SMARTS) is 1. The van der Waals surface area contributed by atoms with Gasteiger partial charge in [-0.15, -0.1) is 0 Å². The van der Waals surface area contributed by atoms with Crippen LogP contribution in [0.15, 0.2) is 39.8 Å². The monoisotopic (exact) mass is 289 g/mol. The predicted octanol–water partition coefficient (Wildman–Crippen LogP) is 2.03. The summed E-state index contributed by atoms with van der Waals surface area (Å²) < 4.78 is 0. The predicted molar refractivity (Wildman–Crippen MR) is 73.2 cm³/mol. The summed E-state index contributed by atoms with van der Waals surface area (Å²) in [5.41, 5.74) is 0.908. The summed E-state index contributed by atoms with van der Waals surface area (Å²) in [5, 5.41) is 9.26. The third kappa shape index (κ3) is 1.61. The topological polar surface area (TPSA) is 74.7 Å². The number of ketones is 1. The molecule has 1 aromatic carbocycles. The van der Waals surface area contributed by atoms with Gasteiger partial charge in [-0.05, 0) is 18.6 Å². The Hall–Kier alpha value is -2.08. The number of carbonyl (C=O) groups is 3. The van der Waals surface area contributed by atoms with Crippen molar-refractivity contribution in [3.05, 3.63) is 34.9 Å². The number of nitrogens with zero attached hydrogens (tertiary/aromatic N) is 1. The van der Waals surface area contributed by atoms with Gasteiger partial charge < -0.3 is 5.11 Å². The standard InChI is InChI=1S/C14H11NO4S/c1-2-8-11-10(14(18)19)12(16)13(17)15(11)7-5-3-4-6-9(7)20-8/h3-6,10H,2H2,1H3,(H,18,19). The van der Waals surface area contributed by atoms with Gasteiger partial charge in [0.15, 0.2) is 5.92 Å². The van der Waals surface area contributed by atoms with Gasteiger partial charge in [-0.3, -0.25) is 19.3 Å². The van der Waals surface area contributed by atoms with E-state index in [1.54, 1.807) is 12.1 Å². The first-order chi connectivity index (χ1) is 9.56. The maximum Gasteiger partial charge on any atom is 0.320 e. The highest BCUT2D eigenvalue weighted by Crippen LogP contribution is 2.49. The van der Waals surface area contributed by atoms with Crippen LogP contribution in [0.3, 0.4) is 0 Å². The molecule has 1 N–H and O–H groups in total. The highest BCUT2D eigenvalue weighted by Gasteiger charge is 2.51. The third-order valence-corrected chi connectivity index (χ3v) is 4.69. The second kappa shape index (κ2) is 4.49. The van der Waals surface area contributed by atoms with E-state index in [0.717, 1.165) is 9.80 Å². The van der Waals surface area contributed by atoms with E-state index in [0.29, 0.717) is 17.8 Å². The van der Waals surface area contributed by atoms with Crippen LogP contribution in [-0.4, -0.2) is 22.8 Å². The minimum Gasteiger partial charge on any atom is -0.480 e. The molecule has 0 bridgehead atoms. The Bertz CT molecular complexity index is 680. The number of aliphatic carboxylic acids is 1. The largest absolute Gasteiger partial charge is 0.480 e. The van der Waals surface area contributed by atoms with Gasteiger partial charge in [0.1, 0.15) is 0 Å². The second-order valence-electron chi connectivity index (χ2n) is 4.51. The summed E-state index contributed by atoms with van der Waals surface area (Å²) in [7, 11) is 0. The number of hydrogen-bond acceptors (Lipinski definition) is 4. The number of thioether (sulfide) groups is 1. The van der Waals surface area contributed by atoms with Crippen LogP contribution in [-0.2, 0) is 14.4 Å². The molecule has 6 heteroatoms. The van der Waals surface area contributed by atoms with E-state index in [9.17, 15) is 19.5 Å². The van der Waals surface area contributed by atoms with Crippen LogP contribution in [0.25, 0.3) is 0 Å². The smallest absolute Gasteiger partial charge is 0.320 e. The van der Waals surface area contributed by atoms with Crippen molar-refractivity contribution < 1.29 is 19.5 Å². The molecule has 1 atom stereocenters. The highest BCUT2D eigenvalue weighted by molar-refractivity contribution is 8.03. The number of carbonyl (C=O) groups excluding carboxylic acids is 2. The van der Waals surface area contributed by atoms with Crippen molar-refractivity contribution in [2.75, 3.05) is 4.90 Å². The van der Waals surface area contributed by atoms with Crippen molar-refractivity contribution in [3.63, 3.8) is 0 Å². The molecule has 2 heterocycles. The normalized spacial score (nSPS) is 21.1. The third-order valence-electron chi connectivity index (χ3n) is 3.38. The van der Waals surface area contributed by atoms with Gasteiger partial charge >= 0.3 is 5.97 Å². The van der Waals surface area contributed by atoms with Crippen molar-refractivity contribution in [3.8, 4) is 0 Å². The van der Waals surface area contributed by atoms with E-state index in [1.165, 1.54) is 16.7 Å². The molecular weight excluding hydrogens is 278 g/mol. The molecule has 5 nitrogen and oxygen atoms in total. The molecule has 20 heavy (non-hydrogen) atoms. The Balaban J connectivity index is 2.25. The number of hydrogen-bond donors (Lipinski definition) is 1. The fraction of sp³-hybridized carbons (Fsp3) is 0.214. The van der Waals surface area contributed by atoms with E-state index >= 15 is 0 Å². The van der Waals surface area contributed by atoms with Crippen molar-refractivity contribution in [2.45, 2.75) is 18.2 Å². The zero-order valence-corrected chi connectivity index (χ0v) is 11.4. The van der Waals surface area contributed by atoms with E-state index in [2.05, 4.69) is 0 Å². The highest BCUT2D eigenvalue weighted by atomic mass is 32.2. The number of rotatable bonds is 2. The molecule has 0 radical (unpaired) electrons. The quantitative estimate of drug-likeness (QED) is 0.666. The minimum absolute atomic E-state index is 0.318. The van der Waals surface area contributed by atoms with Crippen molar-refractivity contribution in [1.29, 1.82) is 0 Å². The number of carboxylic acids is 1. The lowest BCUT2D eigenvalue weighted by Gasteiger charge is -2.28. The number of anilines is 1. The molecule has 1 amide bonds. The van der Waals surface area contributed by atoms with Crippen molar-refractivity contribution in [2.24, 2.45) is 5.92 Å². The van der Waals surface area contributed by atoms with Crippen LogP contribution in [0.5, 0.6) is 0 Å². The first-order valence-corrected chi connectivity index (χ1v) is 6.99. The van der Waals surface area contributed by atoms with Crippen molar-refractivity contribution in [1.82, 2.24) is 0 Å². The molecule has 2 aliphatic heterocycles. The minimum atomic E-state index is -1.38. The number of Topliss-reactive ketones (excluding diaryl/α,β-unsaturated/α-hetero) is 1. The SMILES string of the molecule is CCC1=C2C(C(=O)O)C(=O)C(=O)N2c2ccccc2S1. The first kappa shape index (κ1) is 12.9. The summed E-state index contributed by atoms with van der Waals surface area (Å²) in [5.74, 6) is -4.27. The van der Waals surface area contributed by atoms with E-state index in [1.807, 2.05) is 19.1 Å². The van der Waals surface area contributed by atoms with E-state index in [4.69, 9.17) is 0 Å². The Labute approximate surface area is 119 Å². The molecule has 2 aliphatic rings. The molecule has 1 saturated heterocycles. The average Bonchev–Trinajstić information content (AvgIpc) is 2.71. The molecule has 0 aromatic heterocycles. The Morgan fingerprint density at radius 3 is 2.70 bits per heavy atom. The summed E-state index contributed by atoms with van der Waals surface area (Å²) in [6.07, 6.45) is 0.579. The molecule has 1 fully saturated rings. The van der Waals surface area contributed by atoms with Gasteiger partial charge in [0.25, 0.3) is 5.91 Å². The van der Waals surface area contributed by atoms with Crippen LogP contribution in [0.2, 0.25) is 0 Å². The van der Waals surface area contributed by atoms with Gasteiger partial charge in [0, 0.05) is 9.80 Å². The molecule has 1 unspecified atom stereocenters. The van der Waals surface area contributed by atoms with Crippen LogP contribution >= 0.6 is 11.8 Å². The Kier molecular flexibility index (Phi) is 2.90. The molecule has 0 aliphatic carbocycles. The van der Waals surface area contributed by atoms with Gasteiger partial charge in [0.2, 0.25) is 5.78 Å². The van der Waals surface area contributed by atoms with Crippen LogP contribution < -0.4 is 4.90 Å². The number of amides is 1. The fourth-order valence-electron chi connectivity index (χ4n) is 2.52. The lowest BCUT2D eigenvalue weighted by Crippen LogP contribution is -2.28. The first-order valence-electron chi connectivity index (χ1n) is 6.17. The lowest BCUT2D eigenvalue weighted by molar-refractivity contribution is -0.146. The Morgan fingerprint density at radius 2 is 2.05 bits per heavy atom. The molecule has 3 rings (SSSR count). The molecule has 0 spiro atoms.